The van der Waals surface area contributed by atoms with Gasteiger partial charge in [0.2, 0.25) is 11.8 Å². The third-order valence-electron chi connectivity index (χ3n) is 4.46. The minimum Gasteiger partial charge on any atom is -0.497 e. The van der Waals surface area contributed by atoms with Gasteiger partial charge in [0.25, 0.3) is 0 Å². The summed E-state index contributed by atoms with van der Waals surface area (Å²) in [4.78, 5) is 26.7. The zero-order chi connectivity index (χ0) is 18.7. The summed E-state index contributed by atoms with van der Waals surface area (Å²) < 4.78 is 10.6. The Morgan fingerprint density at radius 1 is 1.15 bits per heavy atom. The molecule has 0 aromatic heterocycles. The van der Waals surface area contributed by atoms with Crippen molar-refractivity contribution in [3.63, 3.8) is 0 Å². The Kier molecular flexibility index (Phi) is 5.11. The SMILES string of the molecule is COc1ccc(OC)c(N2CC(C(=O)Nc3cccc(C)c3)CC2=O)c1. The van der Waals surface area contributed by atoms with Crippen LogP contribution in [0.1, 0.15) is 12.0 Å². The smallest absolute Gasteiger partial charge is 0.229 e. The van der Waals surface area contributed by atoms with Gasteiger partial charge < -0.3 is 19.7 Å². The fourth-order valence-corrected chi connectivity index (χ4v) is 3.09. The van der Waals surface area contributed by atoms with E-state index < -0.39 is 5.92 Å². The van der Waals surface area contributed by atoms with Crippen LogP contribution in [0.15, 0.2) is 42.5 Å². The van der Waals surface area contributed by atoms with Crippen molar-refractivity contribution in [2.24, 2.45) is 5.92 Å². The van der Waals surface area contributed by atoms with Gasteiger partial charge in [0.05, 0.1) is 25.8 Å². The minimum absolute atomic E-state index is 0.110. The normalized spacial score (nSPS) is 16.5. The highest BCUT2D eigenvalue weighted by Crippen LogP contribution is 2.36. The first kappa shape index (κ1) is 17.8. The first-order valence-electron chi connectivity index (χ1n) is 8.41. The monoisotopic (exact) mass is 354 g/mol. The van der Waals surface area contributed by atoms with Crippen molar-refractivity contribution < 1.29 is 19.1 Å². The van der Waals surface area contributed by atoms with Gasteiger partial charge in [-0.1, -0.05) is 12.1 Å². The number of carbonyl (C=O) groups is 2. The molecule has 1 atom stereocenters. The summed E-state index contributed by atoms with van der Waals surface area (Å²) in [5.41, 5.74) is 2.41. The van der Waals surface area contributed by atoms with Crippen LogP contribution in [0.4, 0.5) is 11.4 Å². The number of nitrogens with zero attached hydrogens (tertiary/aromatic N) is 1. The van der Waals surface area contributed by atoms with E-state index in [0.717, 1.165) is 11.3 Å². The summed E-state index contributed by atoms with van der Waals surface area (Å²) in [6, 6.07) is 12.9. The molecule has 1 aliphatic heterocycles. The number of rotatable bonds is 5. The van der Waals surface area contributed by atoms with Crippen molar-refractivity contribution >= 4 is 23.2 Å². The van der Waals surface area contributed by atoms with Crippen molar-refractivity contribution in [2.45, 2.75) is 13.3 Å². The number of anilines is 2. The van der Waals surface area contributed by atoms with Gasteiger partial charge in [0.1, 0.15) is 11.5 Å². The average Bonchev–Trinajstić information content (AvgIpc) is 3.03. The molecule has 1 unspecified atom stereocenters. The predicted octanol–water partition coefficient (Wildman–Crippen LogP) is 3.00. The number of benzene rings is 2. The van der Waals surface area contributed by atoms with Crippen molar-refractivity contribution in [1.82, 2.24) is 0 Å². The van der Waals surface area contributed by atoms with Crippen LogP contribution in [0.3, 0.4) is 0 Å². The molecule has 1 heterocycles. The first-order valence-corrected chi connectivity index (χ1v) is 8.41. The maximum atomic E-state index is 12.6. The molecule has 0 saturated carbocycles. The number of amides is 2. The van der Waals surface area contributed by atoms with Gasteiger partial charge in [-0.2, -0.15) is 0 Å². The molecule has 136 valence electrons. The molecule has 0 aliphatic carbocycles. The lowest BCUT2D eigenvalue weighted by molar-refractivity contribution is -0.122. The molecular weight excluding hydrogens is 332 g/mol. The summed E-state index contributed by atoms with van der Waals surface area (Å²) in [6.45, 7) is 2.27. The summed E-state index contributed by atoms with van der Waals surface area (Å²) in [5, 5.41) is 2.89. The van der Waals surface area contributed by atoms with Gasteiger partial charge in [0, 0.05) is 24.7 Å². The van der Waals surface area contributed by atoms with Crippen LogP contribution in [0, 0.1) is 12.8 Å². The lowest BCUT2D eigenvalue weighted by Gasteiger charge is -2.20. The molecule has 1 aliphatic rings. The van der Waals surface area contributed by atoms with E-state index in [0.29, 0.717) is 23.7 Å². The Bertz CT molecular complexity index is 834. The quantitative estimate of drug-likeness (QED) is 0.896. The topological polar surface area (TPSA) is 67.9 Å². The van der Waals surface area contributed by atoms with Crippen molar-refractivity contribution in [3.8, 4) is 11.5 Å². The standard InChI is InChI=1S/C20H22N2O4/c1-13-5-4-6-15(9-13)21-20(24)14-10-19(23)22(12-14)17-11-16(25-2)7-8-18(17)26-3/h4-9,11,14H,10,12H2,1-3H3,(H,21,24). The number of hydrogen-bond acceptors (Lipinski definition) is 4. The summed E-state index contributed by atoms with van der Waals surface area (Å²) in [5.74, 6) is 0.508. The Hall–Kier alpha value is -3.02. The van der Waals surface area contributed by atoms with E-state index in [1.54, 1.807) is 37.3 Å². The van der Waals surface area contributed by atoms with Crippen molar-refractivity contribution in [3.05, 3.63) is 48.0 Å². The maximum Gasteiger partial charge on any atom is 0.229 e. The number of methoxy groups -OCH3 is 2. The highest BCUT2D eigenvalue weighted by molar-refractivity contribution is 6.04. The Morgan fingerprint density at radius 3 is 2.65 bits per heavy atom. The molecule has 1 fully saturated rings. The highest BCUT2D eigenvalue weighted by atomic mass is 16.5. The van der Waals surface area contributed by atoms with E-state index in [1.807, 2.05) is 31.2 Å². The fraction of sp³-hybridized carbons (Fsp3) is 0.300. The molecule has 26 heavy (non-hydrogen) atoms. The van der Waals surface area contributed by atoms with Gasteiger partial charge in [-0.05, 0) is 36.8 Å². The van der Waals surface area contributed by atoms with Gasteiger partial charge >= 0.3 is 0 Å². The lowest BCUT2D eigenvalue weighted by Crippen LogP contribution is -2.28. The molecule has 0 spiro atoms. The van der Waals surface area contributed by atoms with Crippen LogP contribution in [0.2, 0.25) is 0 Å². The molecule has 3 rings (SSSR count). The third kappa shape index (κ3) is 3.64. The molecule has 2 amide bonds. The number of hydrogen-bond donors (Lipinski definition) is 1. The molecule has 2 aromatic rings. The number of ether oxygens (including phenoxy) is 2. The Labute approximate surface area is 152 Å². The second-order valence-corrected chi connectivity index (χ2v) is 6.30. The van der Waals surface area contributed by atoms with E-state index in [-0.39, 0.29) is 18.2 Å². The number of carbonyl (C=O) groups excluding carboxylic acids is 2. The maximum absolute atomic E-state index is 12.6. The number of aryl methyl sites for hydroxylation is 1. The molecule has 6 heteroatoms. The van der Waals surface area contributed by atoms with Gasteiger partial charge in [0.15, 0.2) is 0 Å². The third-order valence-corrected chi connectivity index (χ3v) is 4.46. The zero-order valence-corrected chi connectivity index (χ0v) is 15.1. The average molecular weight is 354 g/mol. The van der Waals surface area contributed by atoms with Crippen LogP contribution in [-0.2, 0) is 9.59 Å². The molecule has 0 bridgehead atoms. The first-order chi connectivity index (χ1) is 12.5. The Balaban J connectivity index is 1.77. The van der Waals surface area contributed by atoms with E-state index in [9.17, 15) is 9.59 Å². The van der Waals surface area contributed by atoms with Gasteiger partial charge in [-0.15, -0.1) is 0 Å². The van der Waals surface area contributed by atoms with Crippen molar-refractivity contribution in [2.75, 3.05) is 31.0 Å². The summed E-state index contributed by atoms with van der Waals surface area (Å²) in [7, 11) is 3.11. The molecule has 6 nitrogen and oxygen atoms in total. The Morgan fingerprint density at radius 2 is 1.96 bits per heavy atom. The van der Waals surface area contributed by atoms with Gasteiger partial charge in [-0.3, -0.25) is 9.59 Å². The molecule has 1 N–H and O–H groups in total. The van der Waals surface area contributed by atoms with E-state index >= 15 is 0 Å². The largest absolute Gasteiger partial charge is 0.497 e. The van der Waals surface area contributed by atoms with Crippen LogP contribution >= 0.6 is 0 Å². The molecule has 1 saturated heterocycles. The van der Waals surface area contributed by atoms with Crippen LogP contribution in [0.5, 0.6) is 11.5 Å². The van der Waals surface area contributed by atoms with Crippen LogP contribution in [0.25, 0.3) is 0 Å². The molecule has 0 radical (unpaired) electrons. The highest BCUT2D eigenvalue weighted by Gasteiger charge is 2.36. The zero-order valence-electron chi connectivity index (χ0n) is 15.1. The minimum atomic E-state index is -0.418. The lowest BCUT2D eigenvalue weighted by atomic mass is 10.1. The molecule has 2 aromatic carbocycles. The summed E-state index contributed by atoms with van der Waals surface area (Å²) in [6.07, 6.45) is 0.165. The predicted molar refractivity (Wildman–Crippen MR) is 99.8 cm³/mol. The van der Waals surface area contributed by atoms with Crippen LogP contribution < -0.4 is 19.7 Å². The van der Waals surface area contributed by atoms with Crippen LogP contribution in [-0.4, -0.2) is 32.6 Å². The van der Waals surface area contributed by atoms with E-state index in [2.05, 4.69) is 5.32 Å². The second kappa shape index (κ2) is 7.47. The fourth-order valence-electron chi connectivity index (χ4n) is 3.09. The second-order valence-electron chi connectivity index (χ2n) is 6.30. The van der Waals surface area contributed by atoms with Gasteiger partial charge in [-0.25, -0.2) is 0 Å². The summed E-state index contributed by atoms with van der Waals surface area (Å²) >= 11 is 0. The van der Waals surface area contributed by atoms with Crippen molar-refractivity contribution in [1.29, 1.82) is 0 Å². The van der Waals surface area contributed by atoms with E-state index in [1.165, 1.54) is 0 Å². The van der Waals surface area contributed by atoms with E-state index in [4.69, 9.17) is 9.47 Å². The molecular formula is C20H22N2O4. The number of nitrogens with one attached hydrogen (secondary N) is 1.